The summed E-state index contributed by atoms with van der Waals surface area (Å²) in [7, 11) is 0. The molecule has 1 aliphatic rings. The molecule has 2 aromatic rings. The van der Waals surface area contributed by atoms with Crippen molar-refractivity contribution >= 4 is 5.88 Å². The lowest BCUT2D eigenvalue weighted by molar-refractivity contribution is 0.120. The van der Waals surface area contributed by atoms with Crippen LogP contribution in [0.4, 0.5) is 5.88 Å². The minimum atomic E-state index is 0.167. The number of rotatable bonds is 6. The van der Waals surface area contributed by atoms with E-state index >= 15 is 0 Å². The van der Waals surface area contributed by atoms with Gasteiger partial charge in [-0.15, -0.1) is 0 Å². The summed E-state index contributed by atoms with van der Waals surface area (Å²) in [4.78, 5) is 4.25. The van der Waals surface area contributed by atoms with Crippen molar-refractivity contribution in [3.05, 3.63) is 30.0 Å². The first-order valence-corrected chi connectivity index (χ1v) is 7.79. The van der Waals surface area contributed by atoms with Crippen LogP contribution in [-0.4, -0.2) is 30.8 Å². The number of nitriles is 1. The zero-order chi connectivity index (χ0) is 16.1. The van der Waals surface area contributed by atoms with E-state index in [4.69, 9.17) is 13.9 Å². The molecule has 23 heavy (non-hydrogen) atoms. The van der Waals surface area contributed by atoms with Crippen LogP contribution in [0.5, 0.6) is 5.75 Å². The summed E-state index contributed by atoms with van der Waals surface area (Å²) in [5.74, 6) is 1.60. The van der Waals surface area contributed by atoms with E-state index in [0.717, 1.165) is 30.8 Å². The fraction of sp³-hybridized carbons (Fsp3) is 0.412. The van der Waals surface area contributed by atoms with Gasteiger partial charge in [0.1, 0.15) is 11.8 Å². The number of anilines is 1. The third kappa shape index (κ3) is 3.63. The van der Waals surface area contributed by atoms with Crippen LogP contribution in [-0.2, 0) is 4.74 Å². The molecule has 0 saturated carbocycles. The second-order valence-electron chi connectivity index (χ2n) is 5.28. The second kappa shape index (κ2) is 7.16. The van der Waals surface area contributed by atoms with Gasteiger partial charge in [0.25, 0.3) is 0 Å². The maximum atomic E-state index is 9.22. The standard InChI is InChI=1S/C17H19N3O3/c1-2-21-13-7-5-12(6-8-13)16-20-15(10-18)17(23-16)19-11-14-4-3-9-22-14/h5-8,14,19H,2-4,9,11H2,1H3/t14-/m0/s1. The van der Waals surface area contributed by atoms with Crippen LogP contribution in [0.15, 0.2) is 28.7 Å². The molecule has 120 valence electrons. The van der Waals surface area contributed by atoms with E-state index in [1.54, 1.807) is 0 Å². The van der Waals surface area contributed by atoms with Crippen molar-refractivity contribution in [1.29, 1.82) is 5.26 Å². The van der Waals surface area contributed by atoms with Crippen molar-refractivity contribution in [3.8, 4) is 23.3 Å². The maximum Gasteiger partial charge on any atom is 0.232 e. The van der Waals surface area contributed by atoms with Gasteiger partial charge in [0, 0.05) is 18.7 Å². The Morgan fingerprint density at radius 2 is 2.22 bits per heavy atom. The average molecular weight is 313 g/mol. The molecule has 0 unspecified atom stereocenters. The number of nitrogens with one attached hydrogen (secondary N) is 1. The Balaban J connectivity index is 1.73. The van der Waals surface area contributed by atoms with Gasteiger partial charge in [-0.05, 0) is 44.0 Å². The lowest BCUT2D eigenvalue weighted by Gasteiger charge is -2.09. The summed E-state index contributed by atoms with van der Waals surface area (Å²) in [5.41, 5.74) is 1.06. The van der Waals surface area contributed by atoms with Crippen LogP contribution in [0.25, 0.3) is 11.5 Å². The predicted octanol–water partition coefficient (Wildman–Crippen LogP) is 3.20. The minimum absolute atomic E-state index is 0.167. The Hall–Kier alpha value is -2.52. The van der Waals surface area contributed by atoms with E-state index in [9.17, 15) is 5.26 Å². The zero-order valence-electron chi connectivity index (χ0n) is 13.0. The van der Waals surface area contributed by atoms with E-state index in [0.29, 0.717) is 24.9 Å². The molecular formula is C17H19N3O3. The number of hydrogen-bond donors (Lipinski definition) is 1. The molecule has 6 nitrogen and oxygen atoms in total. The number of aromatic nitrogens is 1. The Labute approximate surface area is 135 Å². The third-order valence-electron chi connectivity index (χ3n) is 3.66. The fourth-order valence-corrected chi connectivity index (χ4v) is 2.51. The van der Waals surface area contributed by atoms with E-state index < -0.39 is 0 Å². The molecule has 1 saturated heterocycles. The molecule has 2 heterocycles. The SMILES string of the molecule is CCOc1ccc(-c2nc(C#N)c(NC[C@@H]3CCCO3)o2)cc1. The highest BCUT2D eigenvalue weighted by Gasteiger charge is 2.19. The first-order chi connectivity index (χ1) is 11.3. The first kappa shape index (κ1) is 15.4. The molecule has 0 aliphatic carbocycles. The molecule has 1 atom stereocenters. The van der Waals surface area contributed by atoms with E-state index in [-0.39, 0.29) is 11.8 Å². The topological polar surface area (TPSA) is 80.3 Å². The van der Waals surface area contributed by atoms with E-state index in [1.807, 2.05) is 31.2 Å². The predicted molar refractivity (Wildman–Crippen MR) is 85.3 cm³/mol. The Morgan fingerprint density at radius 1 is 1.39 bits per heavy atom. The molecule has 1 aliphatic heterocycles. The molecule has 6 heteroatoms. The van der Waals surface area contributed by atoms with Gasteiger partial charge in [0.15, 0.2) is 0 Å². The van der Waals surface area contributed by atoms with Gasteiger partial charge in [-0.2, -0.15) is 10.2 Å². The Bertz CT molecular complexity index is 682. The van der Waals surface area contributed by atoms with E-state index in [2.05, 4.69) is 16.4 Å². The van der Waals surface area contributed by atoms with Crippen molar-refractivity contribution in [2.75, 3.05) is 25.1 Å². The van der Waals surface area contributed by atoms with Crippen LogP contribution in [0.1, 0.15) is 25.5 Å². The molecule has 3 rings (SSSR count). The van der Waals surface area contributed by atoms with Crippen molar-refractivity contribution in [2.45, 2.75) is 25.9 Å². The van der Waals surface area contributed by atoms with Gasteiger partial charge >= 0.3 is 0 Å². The molecule has 0 bridgehead atoms. The average Bonchev–Trinajstić information content (AvgIpc) is 3.23. The number of benzene rings is 1. The molecule has 0 radical (unpaired) electrons. The highest BCUT2D eigenvalue weighted by Crippen LogP contribution is 2.27. The summed E-state index contributed by atoms with van der Waals surface area (Å²) < 4.78 is 16.7. The molecule has 0 amide bonds. The molecule has 1 fully saturated rings. The van der Waals surface area contributed by atoms with Gasteiger partial charge in [-0.1, -0.05) is 0 Å². The quantitative estimate of drug-likeness (QED) is 0.882. The lowest BCUT2D eigenvalue weighted by atomic mass is 10.2. The van der Waals surface area contributed by atoms with Crippen LogP contribution in [0.3, 0.4) is 0 Å². The largest absolute Gasteiger partial charge is 0.494 e. The summed E-state index contributed by atoms with van der Waals surface area (Å²) in [5, 5.41) is 12.3. The zero-order valence-corrected chi connectivity index (χ0v) is 13.0. The number of oxazole rings is 1. The lowest BCUT2D eigenvalue weighted by Crippen LogP contribution is -2.18. The summed E-state index contributed by atoms with van der Waals surface area (Å²) in [6.45, 7) is 3.97. The van der Waals surface area contributed by atoms with Crippen LogP contribution in [0, 0.1) is 11.3 Å². The summed E-state index contributed by atoms with van der Waals surface area (Å²) in [6.07, 6.45) is 2.26. The maximum absolute atomic E-state index is 9.22. The summed E-state index contributed by atoms with van der Waals surface area (Å²) >= 11 is 0. The fourth-order valence-electron chi connectivity index (χ4n) is 2.51. The molecular weight excluding hydrogens is 294 g/mol. The number of nitrogens with zero attached hydrogens (tertiary/aromatic N) is 2. The third-order valence-corrected chi connectivity index (χ3v) is 3.66. The van der Waals surface area contributed by atoms with E-state index in [1.165, 1.54) is 0 Å². The Morgan fingerprint density at radius 3 is 2.87 bits per heavy atom. The normalized spacial score (nSPS) is 17.0. The van der Waals surface area contributed by atoms with Gasteiger partial charge < -0.3 is 19.2 Å². The highest BCUT2D eigenvalue weighted by atomic mass is 16.5. The second-order valence-corrected chi connectivity index (χ2v) is 5.28. The van der Waals surface area contributed by atoms with Gasteiger partial charge in [0.05, 0.1) is 12.7 Å². The Kier molecular flexibility index (Phi) is 4.79. The van der Waals surface area contributed by atoms with Crippen LogP contribution in [0.2, 0.25) is 0 Å². The first-order valence-electron chi connectivity index (χ1n) is 7.79. The minimum Gasteiger partial charge on any atom is -0.494 e. The molecule has 1 aromatic heterocycles. The van der Waals surface area contributed by atoms with Crippen molar-refractivity contribution in [1.82, 2.24) is 4.98 Å². The highest BCUT2D eigenvalue weighted by molar-refractivity contribution is 5.59. The van der Waals surface area contributed by atoms with Crippen LogP contribution < -0.4 is 10.1 Å². The van der Waals surface area contributed by atoms with Crippen molar-refractivity contribution in [2.24, 2.45) is 0 Å². The van der Waals surface area contributed by atoms with Crippen molar-refractivity contribution in [3.63, 3.8) is 0 Å². The van der Waals surface area contributed by atoms with Gasteiger partial charge in [0.2, 0.25) is 17.5 Å². The van der Waals surface area contributed by atoms with Gasteiger partial charge in [-0.3, -0.25) is 0 Å². The monoisotopic (exact) mass is 313 g/mol. The van der Waals surface area contributed by atoms with Crippen LogP contribution >= 0.6 is 0 Å². The summed E-state index contributed by atoms with van der Waals surface area (Å²) in [6, 6.07) is 9.50. The molecule has 1 aromatic carbocycles. The number of ether oxygens (including phenoxy) is 2. The smallest absolute Gasteiger partial charge is 0.232 e. The molecule has 0 spiro atoms. The van der Waals surface area contributed by atoms with Gasteiger partial charge in [-0.25, -0.2) is 0 Å². The molecule has 1 N–H and O–H groups in total. The number of hydrogen-bond acceptors (Lipinski definition) is 6. The van der Waals surface area contributed by atoms with Crippen molar-refractivity contribution < 1.29 is 13.9 Å².